The van der Waals surface area contributed by atoms with Crippen molar-refractivity contribution in [3.05, 3.63) is 23.0 Å². The molecule has 1 aromatic heterocycles. The maximum Gasteiger partial charge on any atom is 0.131 e. The molecule has 0 aliphatic rings. The zero-order chi connectivity index (χ0) is 7.56. The molecule has 0 bridgehead atoms. The van der Waals surface area contributed by atoms with Gasteiger partial charge in [-0.1, -0.05) is 11.6 Å². The van der Waals surface area contributed by atoms with Gasteiger partial charge >= 0.3 is 0 Å². The summed E-state index contributed by atoms with van der Waals surface area (Å²) in [5, 5.41) is 8.99. The molecule has 0 spiro atoms. The molecule has 0 amide bonds. The Hall–Kier alpha value is -0.800. The molecule has 0 aliphatic heterocycles. The quantitative estimate of drug-likeness (QED) is 0.595. The van der Waals surface area contributed by atoms with Crippen LogP contribution in [0.4, 0.5) is 5.69 Å². The summed E-state index contributed by atoms with van der Waals surface area (Å²) in [6, 6.07) is 1.51. The topological polar surface area (TPSA) is 59.1 Å². The zero-order valence-electron chi connectivity index (χ0n) is 5.21. The van der Waals surface area contributed by atoms with Gasteiger partial charge in [-0.25, -0.2) is 4.98 Å². The fourth-order valence-corrected chi connectivity index (χ4v) is 0.771. The van der Waals surface area contributed by atoms with Gasteiger partial charge in [-0.2, -0.15) is 0 Å². The highest BCUT2D eigenvalue weighted by Crippen LogP contribution is 2.14. The average molecular weight is 159 g/mol. The molecule has 0 unspecified atom stereocenters. The Bertz CT molecular complexity index is 239. The van der Waals surface area contributed by atoms with Crippen molar-refractivity contribution in [3.8, 4) is 0 Å². The fraction of sp³-hybridized carbons (Fsp3) is 0.167. The second-order valence-electron chi connectivity index (χ2n) is 1.86. The number of pyridine rings is 1. The van der Waals surface area contributed by atoms with E-state index in [1.165, 1.54) is 12.3 Å². The van der Waals surface area contributed by atoms with Crippen LogP contribution >= 0.6 is 11.6 Å². The van der Waals surface area contributed by atoms with Crippen molar-refractivity contribution in [3.63, 3.8) is 0 Å². The minimum Gasteiger partial charge on any atom is -0.398 e. The molecule has 0 saturated heterocycles. The highest BCUT2D eigenvalue weighted by molar-refractivity contribution is 6.29. The monoisotopic (exact) mass is 158 g/mol. The summed E-state index contributed by atoms with van der Waals surface area (Å²) in [4.78, 5) is 3.74. The van der Waals surface area contributed by atoms with Crippen LogP contribution in [0.1, 0.15) is 5.56 Å². The number of hydrogen-bond acceptors (Lipinski definition) is 3. The number of rotatable bonds is 1. The van der Waals surface area contributed by atoms with Gasteiger partial charge in [0.25, 0.3) is 0 Å². The number of nitrogen functional groups attached to an aromatic ring is 1. The normalized spacial score (nSPS) is 9.80. The summed E-state index contributed by atoms with van der Waals surface area (Å²) in [5.74, 6) is 0. The number of halogens is 1. The Balaban J connectivity index is 3.07. The van der Waals surface area contributed by atoms with E-state index >= 15 is 0 Å². The van der Waals surface area contributed by atoms with Crippen LogP contribution in [0.25, 0.3) is 0 Å². The molecule has 3 N–H and O–H groups in total. The summed E-state index contributed by atoms with van der Waals surface area (Å²) in [5.41, 5.74) is 6.52. The number of aliphatic hydroxyl groups is 1. The molecule has 0 aromatic carbocycles. The Kier molecular flexibility index (Phi) is 2.09. The fourth-order valence-electron chi connectivity index (χ4n) is 0.605. The van der Waals surface area contributed by atoms with Crippen molar-refractivity contribution in [1.82, 2.24) is 4.98 Å². The van der Waals surface area contributed by atoms with Crippen molar-refractivity contribution in [2.24, 2.45) is 0 Å². The van der Waals surface area contributed by atoms with Crippen LogP contribution < -0.4 is 5.73 Å². The molecule has 1 aromatic rings. The Morgan fingerprint density at radius 2 is 2.40 bits per heavy atom. The molecular weight excluding hydrogens is 152 g/mol. The Labute approximate surface area is 63.5 Å². The van der Waals surface area contributed by atoms with E-state index in [1.807, 2.05) is 0 Å². The largest absolute Gasteiger partial charge is 0.398 e. The smallest absolute Gasteiger partial charge is 0.131 e. The third-order valence-corrected chi connectivity index (χ3v) is 1.37. The summed E-state index contributed by atoms with van der Waals surface area (Å²) < 4.78 is 0. The van der Waals surface area contributed by atoms with Gasteiger partial charge in [0.1, 0.15) is 5.15 Å². The predicted molar refractivity (Wildman–Crippen MR) is 39.6 cm³/mol. The van der Waals surface area contributed by atoms with Gasteiger partial charge in [0.05, 0.1) is 6.61 Å². The highest BCUT2D eigenvalue weighted by atomic mass is 35.5. The summed E-state index contributed by atoms with van der Waals surface area (Å²) >= 11 is 5.50. The standard InChI is InChI=1S/C6H7ClN2O/c7-6-1-5(8)4(3-10)2-9-6/h1-2,10H,3H2,(H2,8,9). The first-order valence-electron chi connectivity index (χ1n) is 2.75. The summed E-state index contributed by atoms with van der Waals surface area (Å²) in [7, 11) is 0. The van der Waals surface area contributed by atoms with E-state index in [9.17, 15) is 0 Å². The second-order valence-corrected chi connectivity index (χ2v) is 2.25. The van der Waals surface area contributed by atoms with Gasteiger partial charge in [0, 0.05) is 17.4 Å². The Morgan fingerprint density at radius 1 is 1.70 bits per heavy atom. The van der Waals surface area contributed by atoms with Gasteiger partial charge in [0.15, 0.2) is 0 Å². The van der Waals surface area contributed by atoms with E-state index in [0.717, 1.165) is 0 Å². The minimum absolute atomic E-state index is 0.101. The summed E-state index contributed by atoms with van der Waals surface area (Å²) in [6.07, 6.45) is 1.46. The molecule has 0 radical (unpaired) electrons. The van der Waals surface area contributed by atoms with Crippen molar-refractivity contribution in [2.75, 3.05) is 5.73 Å². The van der Waals surface area contributed by atoms with Gasteiger partial charge in [-0.15, -0.1) is 0 Å². The van der Waals surface area contributed by atoms with Gasteiger partial charge in [-0.3, -0.25) is 0 Å². The van der Waals surface area contributed by atoms with Crippen LogP contribution in [0.15, 0.2) is 12.3 Å². The average Bonchev–Trinajstić information content (AvgIpc) is 1.88. The highest BCUT2D eigenvalue weighted by Gasteiger charge is 1.97. The SMILES string of the molecule is Nc1cc(Cl)ncc1CO. The molecule has 3 nitrogen and oxygen atoms in total. The number of aromatic nitrogens is 1. The first-order chi connectivity index (χ1) is 4.74. The predicted octanol–water partition coefficient (Wildman–Crippen LogP) is 0.809. The maximum atomic E-state index is 8.65. The number of aliphatic hydroxyl groups excluding tert-OH is 1. The molecule has 0 fully saturated rings. The number of nitrogens with two attached hydrogens (primary N) is 1. The lowest BCUT2D eigenvalue weighted by molar-refractivity contribution is 0.282. The molecule has 0 atom stereocenters. The van der Waals surface area contributed by atoms with Crippen LogP contribution in [0.5, 0.6) is 0 Å². The molecule has 1 heterocycles. The molecule has 10 heavy (non-hydrogen) atoms. The van der Waals surface area contributed by atoms with Crippen LogP contribution in [0.2, 0.25) is 5.15 Å². The number of hydrogen-bond donors (Lipinski definition) is 2. The maximum absolute atomic E-state index is 8.65. The summed E-state index contributed by atoms with van der Waals surface area (Å²) in [6.45, 7) is -0.101. The third-order valence-electron chi connectivity index (χ3n) is 1.16. The van der Waals surface area contributed by atoms with E-state index < -0.39 is 0 Å². The van der Waals surface area contributed by atoms with Gasteiger partial charge in [-0.05, 0) is 6.07 Å². The van der Waals surface area contributed by atoms with Crippen molar-refractivity contribution in [1.29, 1.82) is 0 Å². The number of nitrogens with zero attached hydrogens (tertiary/aromatic N) is 1. The molecule has 1 rings (SSSR count). The van der Waals surface area contributed by atoms with Crippen molar-refractivity contribution in [2.45, 2.75) is 6.61 Å². The Morgan fingerprint density at radius 3 is 2.90 bits per heavy atom. The van der Waals surface area contributed by atoms with Crippen LogP contribution in [-0.4, -0.2) is 10.1 Å². The van der Waals surface area contributed by atoms with Crippen molar-refractivity contribution >= 4 is 17.3 Å². The van der Waals surface area contributed by atoms with Crippen molar-refractivity contribution < 1.29 is 5.11 Å². The zero-order valence-corrected chi connectivity index (χ0v) is 5.97. The van der Waals surface area contributed by atoms with E-state index in [0.29, 0.717) is 16.4 Å². The van der Waals surface area contributed by atoms with E-state index in [4.69, 9.17) is 22.4 Å². The molecule has 54 valence electrons. The molecular formula is C6H7ClN2O. The van der Waals surface area contributed by atoms with Crippen LogP contribution in [0.3, 0.4) is 0 Å². The van der Waals surface area contributed by atoms with E-state index in [1.54, 1.807) is 0 Å². The van der Waals surface area contributed by atoms with Crippen LogP contribution in [-0.2, 0) is 6.61 Å². The van der Waals surface area contributed by atoms with Crippen LogP contribution in [0, 0.1) is 0 Å². The minimum atomic E-state index is -0.101. The molecule has 0 aliphatic carbocycles. The van der Waals surface area contributed by atoms with E-state index in [-0.39, 0.29) is 6.61 Å². The van der Waals surface area contributed by atoms with Gasteiger partial charge in [0.2, 0.25) is 0 Å². The lowest BCUT2D eigenvalue weighted by Crippen LogP contribution is -1.94. The lowest BCUT2D eigenvalue weighted by Gasteiger charge is -1.99. The first-order valence-corrected chi connectivity index (χ1v) is 3.12. The molecule has 4 heteroatoms. The lowest BCUT2D eigenvalue weighted by atomic mass is 10.2. The van der Waals surface area contributed by atoms with E-state index in [2.05, 4.69) is 4.98 Å². The number of anilines is 1. The van der Waals surface area contributed by atoms with Gasteiger partial charge < -0.3 is 10.8 Å². The third kappa shape index (κ3) is 1.37. The first kappa shape index (κ1) is 7.31. The molecule has 0 saturated carbocycles. The second kappa shape index (κ2) is 2.86.